The van der Waals surface area contributed by atoms with Crippen molar-refractivity contribution in [2.24, 2.45) is 0 Å². The Bertz CT molecular complexity index is 1790. The van der Waals surface area contributed by atoms with E-state index in [0.29, 0.717) is 29.4 Å². The van der Waals surface area contributed by atoms with Crippen molar-refractivity contribution in [3.05, 3.63) is 112 Å². The van der Waals surface area contributed by atoms with Crippen molar-refractivity contribution in [3.63, 3.8) is 0 Å². The molecule has 2 aliphatic rings. The van der Waals surface area contributed by atoms with Crippen LogP contribution in [-0.2, 0) is 38.8 Å². The Hall–Kier alpha value is -3.94. The molecule has 0 aliphatic carbocycles. The highest BCUT2D eigenvalue weighted by Gasteiger charge is 2.47. The molecule has 2 fully saturated rings. The molecule has 2 amide bonds. The predicted molar refractivity (Wildman–Crippen MR) is 175 cm³/mol. The molecule has 0 bridgehead atoms. The first-order valence-corrected chi connectivity index (χ1v) is 16.5. The molecule has 3 heterocycles. The van der Waals surface area contributed by atoms with Gasteiger partial charge >= 0.3 is 12.1 Å². The molecule has 6 rings (SSSR count). The summed E-state index contributed by atoms with van der Waals surface area (Å²) in [6.07, 6.45) is -3.82. The molecule has 2 N–H and O–H groups in total. The maximum atomic E-state index is 13.1. The smallest absolute Gasteiger partial charge is 0.392 e. The molecule has 0 unspecified atom stereocenters. The molecule has 1 aromatic heterocycles. The third-order valence-corrected chi connectivity index (χ3v) is 9.54. The second-order valence-corrected chi connectivity index (χ2v) is 12.7. The number of imidazole rings is 1. The fraction of sp³-hybridized carbons (Fsp3) is 0.343. The van der Waals surface area contributed by atoms with Gasteiger partial charge in [0.05, 0.1) is 31.7 Å². The highest BCUT2D eigenvalue weighted by molar-refractivity contribution is 6.40. The summed E-state index contributed by atoms with van der Waals surface area (Å²) in [5.41, 5.74) is 4.90. The molecule has 14 heteroatoms. The summed E-state index contributed by atoms with van der Waals surface area (Å²) in [5.74, 6) is -2.62. The van der Waals surface area contributed by atoms with E-state index in [0.717, 1.165) is 33.4 Å². The molecular formula is C35H33Cl2F3N4O5. The summed E-state index contributed by atoms with van der Waals surface area (Å²) in [7, 11) is 0. The standard InChI is InChI=1S/C35H33Cl2F3N4O5/c36-30-31(37)43(20-42-30)18-26-16-29(23-9-7-21(19-45)8-10-23)49-33(48-26)24-13-11-22(12-14-24)27-5-2-1-4-25(27)17-41-32(46)28-6-3-15-44(28)34(47)35(38,39)40/h1-2,4-5,7-14,20,26,28-29,33,45H,3,6,15-19H2,(H,41,46)/t26-,28-,29+,33+/m0/s1. The number of carbonyl (C=O) groups excluding carboxylic acids is 2. The predicted octanol–water partition coefficient (Wildman–Crippen LogP) is 6.76. The lowest BCUT2D eigenvalue weighted by molar-refractivity contribution is -0.252. The number of nitrogens with zero attached hydrogens (tertiary/aromatic N) is 3. The molecule has 2 saturated heterocycles. The Balaban J connectivity index is 1.18. The van der Waals surface area contributed by atoms with Crippen LogP contribution in [0.5, 0.6) is 0 Å². The van der Waals surface area contributed by atoms with Gasteiger partial charge < -0.3 is 29.4 Å². The van der Waals surface area contributed by atoms with Crippen LogP contribution in [0.1, 0.15) is 53.9 Å². The topological polar surface area (TPSA) is 106 Å². The van der Waals surface area contributed by atoms with E-state index in [1.54, 1.807) is 10.9 Å². The number of halogens is 5. The number of ether oxygens (including phenoxy) is 2. The van der Waals surface area contributed by atoms with Gasteiger partial charge in [0.25, 0.3) is 0 Å². The van der Waals surface area contributed by atoms with Crippen molar-refractivity contribution in [3.8, 4) is 11.1 Å². The fourth-order valence-electron chi connectivity index (χ4n) is 6.24. The highest BCUT2D eigenvalue weighted by Crippen LogP contribution is 2.39. The number of aliphatic hydroxyl groups is 1. The number of amides is 2. The van der Waals surface area contributed by atoms with Gasteiger partial charge in [-0.15, -0.1) is 0 Å². The SMILES string of the molecule is O=C(NCc1ccccc1-c1ccc([C@@H]2O[C@H](Cn3cnc(Cl)c3Cl)C[C@H](c3ccc(CO)cc3)O2)cc1)[C@@H]1CCCN1C(=O)C(F)(F)F. The van der Waals surface area contributed by atoms with Crippen LogP contribution in [0.2, 0.25) is 10.3 Å². The van der Waals surface area contributed by atoms with Crippen molar-refractivity contribution >= 4 is 35.0 Å². The van der Waals surface area contributed by atoms with Gasteiger partial charge in [-0.1, -0.05) is 96.0 Å². The lowest BCUT2D eigenvalue weighted by Gasteiger charge is -2.36. The lowest BCUT2D eigenvalue weighted by Crippen LogP contribution is -2.50. The van der Waals surface area contributed by atoms with Crippen LogP contribution in [0.4, 0.5) is 13.2 Å². The number of carbonyl (C=O) groups is 2. The fourth-order valence-corrected chi connectivity index (χ4v) is 6.56. The minimum absolute atomic E-state index is 0.0649. The van der Waals surface area contributed by atoms with Gasteiger partial charge in [-0.3, -0.25) is 9.59 Å². The van der Waals surface area contributed by atoms with Gasteiger partial charge in [0.1, 0.15) is 11.2 Å². The Kier molecular flexibility index (Phi) is 10.6. The van der Waals surface area contributed by atoms with Gasteiger partial charge in [0.2, 0.25) is 5.91 Å². The summed E-state index contributed by atoms with van der Waals surface area (Å²) in [5, 5.41) is 12.7. The zero-order chi connectivity index (χ0) is 34.7. The first-order valence-electron chi connectivity index (χ1n) is 15.7. The maximum absolute atomic E-state index is 13.1. The van der Waals surface area contributed by atoms with Crippen LogP contribution in [0, 0.1) is 0 Å². The normalized spacial score (nSPS) is 21.1. The summed E-state index contributed by atoms with van der Waals surface area (Å²) >= 11 is 12.4. The van der Waals surface area contributed by atoms with E-state index < -0.39 is 30.3 Å². The number of hydrogen-bond donors (Lipinski definition) is 2. The minimum atomic E-state index is -5.04. The van der Waals surface area contributed by atoms with E-state index in [1.807, 2.05) is 72.8 Å². The molecule has 4 atom stereocenters. The maximum Gasteiger partial charge on any atom is 0.471 e. The molecule has 0 spiro atoms. The van der Waals surface area contributed by atoms with E-state index in [4.69, 9.17) is 32.7 Å². The average Bonchev–Trinajstić information content (AvgIpc) is 3.73. The molecule has 49 heavy (non-hydrogen) atoms. The number of aromatic nitrogens is 2. The Morgan fingerprint density at radius 3 is 2.37 bits per heavy atom. The summed E-state index contributed by atoms with van der Waals surface area (Å²) in [4.78, 5) is 29.4. The molecule has 0 radical (unpaired) electrons. The third-order valence-electron chi connectivity index (χ3n) is 8.77. The Morgan fingerprint density at radius 1 is 0.980 bits per heavy atom. The van der Waals surface area contributed by atoms with Crippen LogP contribution < -0.4 is 5.32 Å². The van der Waals surface area contributed by atoms with Gasteiger partial charge in [-0.05, 0) is 40.7 Å². The van der Waals surface area contributed by atoms with Gasteiger partial charge in [0, 0.05) is 25.1 Å². The van der Waals surface area contributed by atoms with Crippen molar-refractivity contribution in [2.75, 3.05) is 6.54 Å². The molecule has 2 aliphatic heterocycles. The molecule has 3 aromatic carbocycles. The first-order chi connectivity index (χ1) is 23.5. The number of likely N-dealkylation sites (tertiary alicyclic amines) is 1. The monoisotopic (exact) mass is 716 g/mol. The Morgan fingerprint density at radius 2 is 1.69 bits per heavy atom. The molecule has 9 nitrogen and oxygen atoms in total. The van der Waals surface area contributed by atoms with Crippen LogP contribution in [0.25, 0.3) is 11.1 Å². The first kappa shape index (κ1) is 34.9. The molecular weight excluding hydrogens is 684 g/mol. The van der Waals surface area contributed by atoms with E-state index in [9.17, 15) is 27.9 Å². The van der Waals surface area contributed by atoms with Crippen LogP contribution >= 0.6 is 23.2 Å². The molecule has 0 saturated carbocycles. The average molecular weight is 718 g/mol. The summed E-state index contributed by atoms with van der Waals surface area (Å²) in [6, 6.07) is 21.4. The van der Waals surface area contributed by atoms with Crippen LogP contribution in [0.15, 0.2) is 79.1 Å². The largest absolute Gasteiger partial charge is 0.471 e. The number of alkyl halides is 3. The van der Waals surface area contributed by atoms with Crippen molar-refractivity contribution in [2.45, 2.75) is 69.7 Å². The number of aliphatic hydroxyl groups excluding tert-OH is 1. The number of benzene rings is 3. The number of rotatable bonds is 9. The van der Waals surface area contributed by atoms with E-state index in [-0.39, 0.29) is 43.5 Å². The molecule has 258 valence electrons. The number of hydrogen-bond acceptors (Lipinski definition) is 6. The highest BCUT2D eigenvalue weighted by atomic mass is 35.5. The van der Waals surface area contributed by atoms with Crippen LogP contribution in [-0.4, -0.2) is 56.2 Å². The summed E-state index contributed by atoms with van der Waals surface area (Å²) in [6.45, 7) is 0.278. The van der Waals surface area contributed by atoms with E-state index in [2.05, 4.69) is 10.3 Å². The van der Waals surface area contributed by atoms with E-state index >= 15 is 0 Å². The van der Waals surface area contributed by atoms with Crippen molar-refractivity contribution in [1.29, 1.82) is 0 Å². The second kappa shape index (κ2) is 14.9. The second-order valence-electron chi connectivity index (χ2n) is 12.0. The lowest BCUT2D eigenvalue weighted by atomic mass is 9.97. The van der Waals surface area contributed by atoms with Gasteiger partial charge in [0.15, 0.2) is 11.4 Å². The van der Waals surface area contributed by atoms with Gasteiger partial charge in [-0.25, -0.2) is 4.98 Å². The Labute approximate surface area is 290 Å². The minimum Gasteiger partial charge on any atom is -0.392 e. The quantitative estimate of drug-likeness (QED) is 0.198. The van der Waals surface area contributed by atoms with Crippen LogP contribution in [0.3, 0.4) is 0 Å². The zero-order valence-corrected chi connectivity index (χ0v) is 27.6. The van der Waals surface area contributed by atoms with Gasteiger partial charge in [-0.2, -0.15) is 13.2 Å². The van der Waals surface area contributed by atoms with Crippen molar-refractivity contribution < 1.29 is 37.3 Å². The molecule has 4 aromatic rings. The number of nitrogens with one attached hydrogen (secondary N) is 1. The summed E-state index contributed by atoms with van der Waals surface area (Å²) < 4.78 is 53.8. The zero-order valence-electron chi connectivity index (χ0n) is 26.1. The van der Waals surface area contributed by atoms with Crippen molar-refractivity contribution in [1.82, 2.24) is 19.8 Å². The third kappa shape index (κ3) is 7.94. The van der Waals surface area contributed by atoms with E-state index in [1.165, 1.54) is 0 Å².